The Morgan fingerprint density at radius 3 is 2.11 bits per heavy atom. The molecule has 2 aliphatic rings. The summed E-state index contributed by atoms with van der Waals surface area (Å²) in [5.74, 6) is 2.95. The number of rotatable bonds is 3. The van der Waals surface area contributed by atoms with Crippen molar-refractivity contribution in [1.29, 1.82) is 0 Å². The van der Waals surface area contributed by atoms with Crippen molar-refractivity contribution in [1.82, 2.24) is 14.9 Å². The van der Waals surface area contributed by atoms with Crippen LogP contribution < -0.4 is 9.80 Å². The monoisotopic (exact) mass is 365 g/mol. The fourth-order valence-corrected chi connectivity index (χ4v) is 3.91. The van der Waals surface area contributed by atoms with Crippen LogP contribution in [0.2, 0.25) is 0 Å². The van der Waals surface area contributed by atoms with Gasteiger partial charge in [-0.15, -0.1) is 0 Å². The lowest BCUT2D eigenvalue weighted by atomic mass is 10.1. The van der Waals surface area contributed by atoms with E-state index >= 15 is 0 Å². The highest BCUT2D eigenvalue weighted by Crippen LogP contribution is 2.23. The zero-order chi connectivity index (χ0) is 18.8. The molecule has 1 amide bonds. The minimum Gasteiger partial charge on any atom is -0.356 e. The molecule has 0 N–H and O–H groups in total. The summed E-state index contributed by atoms with van der Waals surface area (Å²) in [7, 11) is 0. The van der Waals surface area contributed by atoms with E-state index in [1.54, 1.807) is 0 Å². The van der Waals surface area contributed by atoms with Crippen LogP contribution in [0.25, 0.3) is 0 Å². The Labute approximate surface area is 160 Å². The molecule has 6 nitrogen and oxygen atoms in total. The summed E-state index contributed by atoms with van der Waals surface area (Å²) in [5, 5.41) is 0. The van der Waals surface area contributed by atoms with Crippen molar-refractivity contribution in [2.24, 2.45) is 0 Å². The van der Waals surface area contributed by atoms with Crippen molar-refractivity contribution in [3.05, 3.63) is 47.3 Å². The lowest BCUT2D eigenvalue weighted by Crippen LogP contribution is -2.49. The number of aryl methyl sites for hydroxylation is 2. The number of hydrogen-bond acceptors (Lipinski definition) is 5. The van der Waals surface area contributed by atoms with Crippen LogP contribution in [-0.2, 0) is 0 Å². The van der Waals surface area contributed by atoms with E-state index in [0.717, 1.165) is 67.9 Å². The number of carbonyl (C=O) groups is 1. The standard InChI is InChI=1S/C21H27N5O/c1-16-6-5-7-18(14-16)21(27)26-12-10-25(11-13-26)20-15-19(22-17(2)23-20)24-8-3-4-9-24/h5-7,14-15H,3-4,8-13H2,1-2H3. The summed E-state index contributed by atoms with van der Waals surface area (Å²) in [6, 6.07) is 9.94. The molecule has 2 aromatic rings. The topological polar surface area (TPSA) is 52.6 Å². The highest BCUT2D eigenvalue weighted by molar-refractivity contribution is 5.94. The molecule has 0 aliphatic carbocycles. The first kappa shape index (κ1) is 17.8. The molecule has 2 saturated heterocycles. The van der Waals surface area contributed by atoms with Gasteiger partial charge < -0.3 is 14.7 Å². The van der Waals surface area contributed by atoms with Crippen molar-refractivity contribution < 1.29 is 4.79 Å². The average Bonchev–Trinajstić information content (AvgIpc) is 3.22. The highest BCUT2D eigenvalue weighted by atomic mass is 16.2. The van der Waals surface area contributed by atoms with Crippen molar-refractivity contribution in [2.45, 2.75) is 26.7 Å². The molecule has 6 heteroatoms. The predicted molar refractivity (Wildman–Crippen MR) is 108 cm³/mol. The quantitative estimate of drug-likeness (QED) is 0.837. The minimum atomic E-state index is 0.120. The normalized spacial score (nSPS) is 17.5. The van der Waals surface area contributed by atoms with Gasteiger partial charge in [0.15, 0.2) is 0 Å². The lowest BCUT2D eigenvalue weighted by Gasteiger charge is -2.36. The number of anilines is 2. The van der Waals surface area contributed by atoms with E-state index in [9.17, 15) is 4.79 Å². The number of hydrogen-bond donors (Lipinski definition) is 0. The van der Waals surface area contributed by atoms with Crippen molar-refractivity contribution >= 4 is 17.5 Å². The first-order valence-corrected chi connectivity index (χ1v) is 9.82. The molecule has 27 heavy (non-hydrogen) atoms. The van der Waals surface area contributed by atoms with E-state index in [-0.39, 0.29) is 5.91 Å². The molecule has 1 aromatic carbocycles. The van der Waals surface area contributed by atoms with Crippen LogP contribution in [-0.4, -0.2) is 60.0 Å². The van der Waals surface area contributed by atoms with Gasteiger partial charge in [-0.25, -0.2) is 9.97 Å². The summed E-state index contributed by atoms with van der Waals surface area (Å²) in [4.78, 5) is 28.6. The number of carbonyl (C=O) groups excluding carboxylic acids is 1. The summed E-state index contributed by atoms with van der Waals surface area (Å²) < 4.78 is 0. The van der Waals surface area contributed by atoms with Gasteiger partial charge in [-0.05, 0) is 38.8 Å². The van der Waals surface area contributed by atoms with Crippen molar-refractivity contribution in [3.8, 4) is 0 Å². The molecule has 0 spiro atoms. The second kappa shape index (κ2) is 7.55. The van der Waals surface area contributed by atoms with Crippen LogP contribution in [0, 0.1) is 13.8 Å². The van der Waals surface area contributed by atoms with Gasteiger partial charge in [0.05, 0.1) is 0 Å². The molecule has 0 saturated carbocycles. The van der Waals surface area contributed by atoms with Crippen molar-refractivity contribution in [3.63, 3.8) is 0 Å². The largest absolute Gasteiger partial charge is 0.356 e. The molecule has 0 atom stereocenters. The lowest BCUT2D eigenvalue weighted by molar-refractivity contribution is 0.0746. The first-order valence-electron chi connectivity index (χ1n) is 9.82. The fraction of sp³-hybridized carbons (Fsp3) is 0.476. The number of nitrogens with zero attached hydrogens (tertiary/aromatic N) is 5. The maximum Gasteiger partial charge on any atom is 0.253 e. The molecule has 0 bridgehead atoms. The molecular weight excluding hydrogens is 338 g/mol. The molecule has 2 aliphatic heterocycles. The van der Waals surface area contributed by atoms with Crippen LogP contribution in [0.15, 0.2) is 30.3 Å². The zero-order valence-electron chi connectivity index (χ0n) is 16.2. The van der Waals surface area contributed by atoms with Crippen molar-refractivity contribution in [2.75, 3.05) is 49.1 Å². The Kier molecular flexibility index (Phi) is 4.97. The van der Waals surface area contributed by atoms with Gasteiger partial charge >= 0.3 is 0 Å². The van der Waals surface area contributed by atoms with Gasteiger partial charge in [0.25, 0.3) is 5.91 Å². The number of amides is 1. The maximum atomic E-state index is 12.8. The molecule has 142 valence electrons. The maximum absolute atomic E-state index is 12.8. The Bertz CT molecular complexity index is 823. The second-order valence-electron chi connectivity index (χ2n) is 7.47. The van der Waals surface area contributed by atoms with Crippen LogP contribution in [0.3, 0.4) is 0 Å². The third-order valence-corrected chi connectivity index (χ3v) is 5.40. The van der Waals surface area contributed by atoms with E-state index in [1.807, 2.05) is 43.0 Å². The van der Waals surface area contributed by atoms with Crippen LogP contribution in [0.5, 0.6) is 0 Å². The minimum absolute atomic E-state index is 0.120. The van der Waals surface area contributed by atoms with E-state index in [4.69, 9.17) is 0 Å². The van der Waals surface area contributed by atoms with Gasteiger partial charge in [0.1, 0.15) is 17.5 Å². The predicted octanol–water partition coefficient (Wildman–Crippen LogP) is 2.66. The molecule has 0 unspecified atom stereocenters. The number of benzene rings is 1. The average molecular weight is 365 g/mol. The van der Waals surface area contributed by atoms with Crippen LogP contribution in [0.1, 0.15) is 34.6 Å². The van der Waals surface area contributed by atoms with E-state index < -0.39 is 0 Å². The van der Waals surface area contributed by atoms with Gasteiger partial charge in [0, 0.05) is 50.9 Å². The Balaban J connectivity index is 1.44. The number of piperazine rings is 1. The Morgan fingerprint density at radius 2 is 1.48 bits per heavy atom. The van der Waals surface area contributed by atoms with Gasteiger partial charge in [-0.1, -0.05) is 17.7 Å². The summed E-state index contributed by atoms with van der Waals surface area (Å²) in [6.07, 6.45) is 2.47. The van der Waals surface area contributed by atoms with E-state index in [0.29, 0.717) is 0 Å². The summed E-state index contributed by atoms with van der Waals surface area (Å²) >= 11 is 0. The van der Waals surface area contributed by atoms with Crippen LogP contribution in [0.4, 0.5) is 11.6 Å². The molecular formula is C21H27N5O. The molecule has 2 fully saturated rings. The summed E-state index contributed by atoms with van der Waals surface area (Å²) in [6.45, 7) is 9.17. The third kappa shape index (κ3) is 3.89. The Morgan fingerprint density at radius 1 is 0.852 bits per heavy atom. The smallest absolute Gasteiger partial charge is 0.253 e. The highest BCUT2D eigenvalue weighted by Gasteiger charge is 2.24. The fourth-order valence-electron chi connectivity index (χ4n) is 3.91. The molecule has 1 aromatic heterocycles. The summed E-state index contributed by atoms with van der Waals surface area (Å²) in [5.41, 5.74) is 1.89. The van der Waals surface area contributed by atoms with Gasteiger partial charge in [0.2, 0.25) is 0 Å². The third-order valence-electron chi connectivity index (χ3n) is 5.40. The zero-order valence-corrected chi connectivity index (χ0v) is 16.2. The molecule has 0 radical (unpaired) electrons. The SMILES string of the molecule is Cc1cccc(C(=O)N2CCN(c3cc(N4CCCC4)nc(C)n3)CC2)c1. The van der Waals surface area contributed by atoms with E-state index in [1.165, 1.54) is 12.8 Å². The number of aromatic nitrogens is 2. The molecule has 4 rings (SSSR count). The Hall–Kier alpha value is -2.63. The van der Waals surface area contributed by atoms with E-state index in [2.05, 4.69) is 25.8 Å². The second-order valence-corrected chi connectivity index (χ2v) is 7.47. The van der Waals surface area contributed by atoms with Gasteiger partial charge in [-0.3, -0.25) is 4.79 Å². The molecule has 3 heterocycles. The first-order chi connectivity index (χ1) is 13.1. The van der Waals surface area contributed by atoms with Gasteiger partial charge in [-0.2, -0.15) is 0 Å². The van der Waals surface area contributed by atoms with Crippen LogP contribution >= 0.6 is 0 Å².